The highest BCUT2D eigenvalue weighted by Gasteiger charge is 2.15. The van der Waals surface area contributed by atoms with Gasteiger partial charge < -0.3 is 5.11 Å². The minimum absolute atomic E-state index is 0.0726. The lowest BCUT2D eigenvalue weighted by Gasteiger charge is -2.06. The van der Waals surface area contributed by atoms with Gasteiger partial charge in [-0.15, -0.1) is 0 Å². The second-order valence-electron chi connectivity index (χ2n) is 2.97. The van der Waals surface area contributed by atoms with Gasteiger partial charge in [0.2, 0.25) is 0 Å². The first-order valence-electron chi connectivity index (χ1n) is 4.48. The topological polar surface area (TPSA) is 20.2 Å². The monoisotopic (exact) mass is 196 g/mol. The van der Waals surface area contributed by atoms with E-state index >= 15 is 0 Å². The first kappa shape index (κ1) is 12.5. The van der Waals surface area contributed by atoms with Crippen LogP contribution >= 0.6 is 0 Å². The zero-order chi connectivity index (χ0) is 10.3. The summed E-state index contributed by atoms with van der Waals surface area (Å²) in [6, 6.07) is 0. The van der Waals surface area contributed by atoms with Crippen LogP contribution < -0.4 is 0 Å². The van der Waals surface area contributed by atoms with Gasteiger partial charge in [-0.25, -0.2) is 4.39 Å². The lowest BCUT2D eigenvalue weighted by Crippen LogP contribution is -2.07. The molecule has 1 atom stereocenters. The maximum Gasteiger partial charge on any atom is 0.304 e. The normalized spacial score (nSPS) is 12.7. The smallest absolute Gasteiger partial charge is 0.304 e. The molecule has 0 aliphatic heterocycles. The molecule has 0 saturated carbocycles. The Balaban J connectivity index is 3.63. The third-order valence-electron chi connectivity index (χ3n) is 1.80. The summed E-state index contributed by atoms with van der Waals surface area (Å²) in [5.74, 6) is -1.68. The highest BCUT2D eigenvalue weighted by atomic mass is 19.3. The fourth-order valence-corrected chi connectivity index (χ4v) is 1.02. The molecule has 78 valence electrons. The molecule has 13 heavy (non-hydrogen) atoms. The molecule has 0 aliphatic carbocycles. The van der Waals surface area contributed by atoms with E-state index < -0.39 is 18.0 Å². The van der Waals surface area contributed by atoms with Gasteiger partial charge in [0.25, 0.3) is 0 Å². The van der Waals surface area contributed by atoms with Crippen molar-refractivity contribution in [3.8, 4) is 0 Å². The van der Waals surface area contributed by atoms with Crippen molar-refractivity contribution in [1.82, 2.24) is 0 Å². The average molecular weight is 196 g/mol. The van der Waals surface area contributed by atoms with Crippen molar-refractivity contribution in [2.45, 2.75) is 45.1 Å². The standard InChI is InChI=1S/C9H15F3O/c1-2-3-4-5-6-7(13)8(10)9(11)12/h7,13H,2-6H2,1H3. The van der Waals surface area contributed by atoms with Crippen LogP contribution in [0.2, 0.25) is 0 Å². The summed E-state index contributed by atoms with van der Waals surface area (Å²) in [5.41, 5.74) is 0. The molecule has 0 saturated heterocycles. The van der Waals surface area contributed by atoms with E-state index in [1.165, 1.54) is 0 Å². The zero-order valence-corrected chi connectivity index (χ0v) is 7.69. The van der Waals surface area contributed by atoms with Gasteiger partial charge in [-0.2, -0.15) is 8.78 Å². The van der Waals surface area contributed by atoms with Crippen molar-refractivity contribution in [2.24, 2.45) is 0 Å². The first-order chi connectivity index (χ1) is 6.09. The van der Waals surface area contributed by atoms with Crippen LogP contribution in [-0.4, -0.2) is 11.2 Å². The maximum atomic E-state index is 12.3. The van der Waals surface area contributed by atoms with E-state index in [4.69, 9.17) is 5.11 Å². The molecule has 0 aromatic heterocycles. The van der Waals surface area contributed by atoms with Crippen molar-refractivity contribution < 1.29 is 18.3 Å². The summed E-state index contributed by atoms with van der Waals surface area (Å²) in [7, 11) is 0. The van der Waals surface area contributed by atoms with Crippen LogP contribution in [-0.2, 0) is 0 Å². The number of unbranched alkanes of at least 4 members (excludes halogenated alkanes) is 3. The third kappa shape index (κ3) is 5.69. The van der Waals surface area contributed by atoms with Gasteiger partial charge in [0.1, 0.15) is 6.10 Å². The van der Waals surface area contributed by atoms with Gasteiger partial charge in [0.05, 0.1) is 0 Å². The Bertz CT molecular complexity index is 164. The predicted molar refractivity (Wildman–Crippen MR) is 45.1 cm³/mol. The molecule has 0 heterocycles. The summed E-state index contributed by atoms with van der Waals surface area (Å²) in [5, 5.41) is 8.87. The van der Waals surface area contributed by atoms with Crippen LogP contribution in [0.5, 0.6) is 0 Å². The van der Waals surface area contributed by atoms with Gasteiger partial charge in [-0.1, -0.05) is 32.6 Å². The Morgan fingerprint density at radius 3 is 2.23 bits per heavy atom. The molecule has 0 aliphatic rings. The van der Waals surface area contributed by atoms with Gasteiger partial charge in [0, 0.05) is 0 Å². The molecule has 0 amide bonds. The quantitative estimate of drug-likeness (QED) is 0.645. The highest BCUT2D eigenvalue weighted by molar-refractivity contribution is 4.98. The Labute approximate surface area is 76.3 Å². The molecule has 0 spiro atoms. The summed E-state index contributed by atoms with van der Waals surface area (Å²) >= 11 is 0. The fourth-order valence-electron chi connectivity index (χ4n) is 1.02. The molecule has 1 unspecified atom stereocenters. The highest BCUT2D eigenvalue weighted by Crippen LogP contribution is 2.18. The second kappa shape index (κ2) is 6.95. The fraction of sp³-hybridized carbons (Fsp3) is 0.778. The molecule has 1 N–H and O–H groups in total. The summed E-state index contributed by atoms with van der Waals surface area (Å²) in [4.78, 5) is 0. The predicted octanol–water partition coefficient (Wildman–Crippen LogP) is 3.40. The van der Waals surface area contributed by atoms with Crippen molar-refractivity contribution in [3.63, 3.8) is 0 Å². The molecule has 0 radical (unpaired) electrons. The van der Waals surface area contributed by atoms with Gasteiger partial charge in [0.15, 0.2) is 5.83 Å². The zero-order valence-electron chi connectivity index (χ0n) is 7.69. The van der Waals surface area contributed by atoms with Gasteiger partial charge >= 0.3 is 6.08 Å². The van der Waals surface area contributed by atoms with Crippen molar-refractivity contribution in [1.29, 1.82) is 0 Å². The lowest BCUT2D eigenvalue weighted by atomic mass is 10.1. The van der Waals surface area contributed by atoms with Crippen molar-refractivity contribution in [2.75, 3.05) is 0 Å². The molecular formula is C9H15F3O. The number of hydrogen-bond donors (Lipinski definition) is 1. The number of halogens is 3. The summed E-state index contributed by atoms with van der Waals surface area (Å²) < 4.78 is 35.5. The van der Waals surface area contributed by atoms with Crippen molar-refractivity contribution in [3.05, 3.63) is 11.9 Å². The summed E-state index contributed by atoms with van der Waals surface area (Å²) in [6.45, 7) is 2.01. The van der Waals surface area contributed by atoms with E-state index in [2.05, 4.69) is 0 Å². The van der Waals surface area contributed by atoms with Crippen molar-refractivity contribution >= 4 is 0 Å². The number of rotatable bonds is 6. The largest absolute Gasteiger partial charge is 0.386 e. The first-order valence-corrected chi connectivity index (χ1v) is 4.48. The average Bonchev–Trinajstić information content (AvgIpc) is 2.10. The number of aliphatic hydroxyl groups excluding tert-OH is 1. The van der Waals surface area contributed by atoms with Crippen LogP contribution in [0.25, 0.3) is 0 Å². The van der Waals surface area contributed by atoms with Gasteiger partial charge in [-0.05, 0) is 6.42 Å². The van der Waals surface area contributed by atoms with E-state index in [1.807, 2.05) is 6.92 Å². The Morgan fingerprint density at radius 2 is 1.77 bits per heavy atom. The molecule has 0 aromatic rings. The minimum atomic E-state index is -2.41. The molecule has 0 fully saturated rings. The molecule has 0 rings (SSSR count). The molecule has 4 heteroatoms. The Morgan fingerprint density at radius 1 is 1.15 bits per heavy atom. The Kier molecular flexibility index (Phi) is 6.68. The second-order valence-corrected chi connectivity index (χ2v) is 2.97. The Hall–Kier alpha value is -0.510. The molecule has 0 bridgehead atoms. The van der Waals surface area contributed by atoms with Crippen LogP contribution in [0.3, 0.4) is 0 Å². The lowest BCUT2D eigenvalue weighted by molar-refractivity contribution is 0.156. The van der Waals surface area contributed by atoms with Crippen LogP contribution in [0, 0.1) is 0 Å². The minimum Gasteiger partial charge on any atom is -0.386 e. The number of hydrogen-bond acceptors (Lipinski definition) is 1. The van der Waals surface area contributed by atoms with Gasteiger partial charge in [-0.3, -0.25) is 0 Å². The van der Waals surface area contributed by atoms with E-state index in [0.717, 1.165) is 19.3 Å². The van der Waals surface area contributed by atoms with E-state index in [9.17, 15) is 13.2 Å². The molecule has 1 nitrogen and oxygen atoms in total. The third-order valence-corrected chi connectivity index (χ3v) is 1.80. The van der Waals surface area contributed by atoms with Crippen LogP contribution in [0.4, 0.5) is 13.2 Å². The number of aliphatic hydroxyl groups is 1. The van der Waals surface area contributed by atoms with Crippen LogP contribution in [0.1, 0.15) is 39.0 Å². The van der Waals surface area contributed by atoms with E-state index in [-0.39, 0.29) is 6.42 Å². The molecule has 0 aromatic carbocycles. The van der Waals surface area contributed by atoms with E-state index in [1.54, 1.807) is 0 Å². The van der Waals surface area contributed by atoms with Crippen LogP contribution in [0.15, 0.2) is 11.9 Å². The summed E-state index contributed by atoms with van der Waals surface area (Å²) in [6.07, 6.45) is -0.541. The maximum absolute atomic E-state index is 12.3. The SMILES string of the molecule is CCCCCCC(O)C(F)=C(F)F. The molecular weight excluding hydrogens is 181 g/mol. The van der Waals surface area contributed by atoms with E-state index in [0.29, 0.717) is 6.42 Å².